The number of carbonyl (C=O) groups is 1. The molecule has 0 saturated carbocycles. The number of rotatable bonds is 2. The van der Waals surface area contributed by atoms with E-state index in [1.807, 2.05) is 35.2 Å². The predicted octanol–water partition coefficient (Wildman–Crippen LogP) is 3.27. The Morgan fingerprint density at radius 1 is 1.00 bits per heavy atom. The summed E-state index contributed by atoms with van der Waals surface area (Å²) >= 11 is 0. The molecule has 2 aliphatic heterocycles. The summed E-state index contributed by atoms with van der Waals surface area (Å²) < 4.78 is 0. The zero-order chi connectivity index (χ0) is 15.5. The van der Waals surface area contributed by atoms with Crippen LogP contribution in [0.2, 0.25) is 0 Å². The first kappa shape index (κ1) is 15.5. The van der Waals surface area contributed by atoms with Crippen LogP contribution < -0.4 is 0 Å². The summed E-state index contributed by atoms with van der Waals surface area (Å²) in [6.45, 7) is 9.02. The smallest absolute Gasteiger partial charge is 0.253 e. The van der Waals surface area contributed by atoms with Crippen molar-refractivity contribution in [2.24, 2.45) is 11.8 Å². The monoisotopic (exact) mass is 300 g/mol. The van der Waals surface area contributed by atoms with E-state index in [2.05, 4.69) is 18.7 Å². The standard InChI is InChI=1S/C19H28N2O/c1-15-12-16(2)14-21(13-15)18-8-10-20(11-9-18)19(22)17-6-4-3-5-7-17/h3-7,15-16,18H,8-14H2,1-2H3. The van der Waals surface area contributed by atoms with Crippen LogP contribution in [0.25, 0.3) is 0 Å². The molecule has 3 nitrogen and oxygen atoms in total. The Labute approximate surface area is 134 Å². The van der Waals surface area contributed by atoms with Gasteiger partial charge in [0, 0.05) is 37.8 Å². The van der Waals surface area contributed by atoms with Gasteiger partial charge in [0.05, 0.1) is 0 Å². The van der Waals surface area contributed by atoms with Crippen LogP contribution >= 0.6 is 0 Å². The number of piperidine rings is 2. The van der Waals surface area contributed by atoms with E-state index in [9.17, 15) is 4.79 Å². The third kappa shape index (κ3) is 3.52. The number of hydrogen-bond donors (Lipinski definition) is 0. The highest BCUT2D eigenvalue weighted by atomic mass is 16.2. The van der Waals surface area contributed by atoms with Gasteiger partial charge >= 0.3 is 0 Å². The average Bonchev–Trinajstić information content (AvgIpc) is 2.54. The molecule has 1 aromatic rings. The van der Waals surface area contributed by atoms with Crippen molar-refractivity contribution in [1.29, 1.82) is 0 Å². The molecule has 0 radical (unpaired) electrons. The van der Waals surface area contributed by atoms with Crippen molar-refractivity contribution < 1.29 is 4.79 Å². The summed E-state index contributed by atoms with van der Waals surface area (Å²) in [6, 6.07) is 10.4. The maximum absolute atomic E-state index is 12.5. The van der Waals surface area contributed by atoms with E-state index in [0.717, 1.165) is 43.3 Å². The Bertz CT molecular complexity index is 483. The molecule has 2 aliphatic rings. The van der Waals surface area contributed by atoms with Crippen molar-refractivity contribution in [1.82, 2.24) is 9.80 Å². The van der Waals surface area contributed by atoms with Gasteiger partial charge in [0.25, 0.3) is 5.91 Å². The van der Waals surface area contributed by atoms with Gasteiger partial charge in [-0.25, -0.2) is 0 Å². The van der Waals surface area contributed by atoms with Crippen LogP contribution in [0.5, 0.6) is 0 Å². The lowest BCUT2D eigenvalue weighted by Crippen LogP contribution is -2.50. The maximum atomic E-state index is 12.5. The summed E-state index contributed by atoms with van der Waals surface area (Å²) in [4.78, 5) is 17.2. The average molecular weight is 300 g/mol. The van der Waals surface area contributed by atoms with Gasteiger partial charge in [-0.05, 0) is 43.2 Å². The molecule has 2 fully saturated rings. The van der Waals surface area contributed by atoms with Crippen molar-refractivity contribution in [2.75, 3.05) is 26.2 Å². The van der Waals surface area contributed by atoms with E-state index in [1.165, 1.54) is 19.5 Å². The van der Waals surface area contributed by atoms with Gasteiger partial charge in [-0.2, -0.15) is 0 Å². The quantitative estimate of drug-likeness (QED) is 0.837. The zero-order valence-electron chi connectivity index (χ0n) is 13.9. The molecule has 2 saturated heterocycles. The number of likely N-dealkylation sites (tertiary alicyclic amines) is 2. The molecule has 3 heteroatoms. The highest BCUT2D eigenvalue weighted by Gasteiger charge is 2.31. The second kappa shape index (κ2) is 6.82. The maximum Gasteiger partial charge on any atom is 0.253 e. The fourth-order valence-electron chi connectivity index (χ4n) is 4.21. The number of amides is 1. The van der Waals surface area contributed by atoms with Gasteiger partial charge in [-0.3, -0.25) is 9.69 Å². The lowest BCUT2D eigenvalue weighted by atomic mass is 9.89. The van der Waals surface area contributed by atoms with Crippen LogP contribution in [0.15, 0.2) is 30.3 Å². The van der Waals surface area contributed by atoms with Gasteiger partial charge in [-0.1, -0.05) is 32.0 Å². The zero-order valence-corrected chi connectivity index (χ0v) is 13.9. The molecule has 1 aromatic carbocycles. The normalized spacial score (nSPS) is 27.8. The van der Waals surface area contributed by atoms with E-state index < -0.39 is 0 Å². The van der Waals surface area contributed by atoms with Crippen molar-refractivity contribution in [2.45, 2.75) is 39.2 Å². The highest BCUT2D eigenvalue weighted by molar-refractivity contribution is 5.94. The molecular formula is C19H28N2O. The topological polar surface area (TPSA) is 23.6 Å². The summed E-state index contributed by atoms with van der Waals surface area (Å²) in [7, 11) is 0. The largest absolute Gasteiger partial charge is 0.339 e. The molecule has 2 heterocycles. The van der Waals surface area contributed by atoms with Crippen LogP contribution in [0.3, 0.4) is 0 Å². The number of benzene rings is 1. The van der Waals surface area contributed by atoms with Gasteiger partial charge in [0.1, 0.15) is 0 Å². The first-order chi connectivity index (χ1) is 10.6. The van der Waals surface area contributed by atoms with E-state index in [0.29, 0.717) is 6.04 Å². The number of nitrogens with zero attached hydrogens (tertiary/aromatic N) is 2. The molecule has 0 spiro atoms. The number of carbonyl (C=O) groups excluding carboxylic acids is 1. The molecule has 22 heavy (non-hydrogen) atoms. The van der Waals surface area contributed by atoms with Crippen LogP contribution in [-0.2, 0) is 0 Å². The molecule has 120 valence electrons. The molecule has 0 aliphatic carbocycles. The summed E-state index contributed by atoms with van der Waals surface area (Å²) in [5, 5.41) is 0. The SMILES string of the molecule is CC1CC(C)CN(C2CCN(C(=O)c3ccccc3)CC2)C1. The molecule has 0 N–H and O–H groups in total. The Morgan fingerprint density at radius 2 is 1.59 bits per heavy atom. The lowest BCUT2D eigenvalue weighted by Gasteiger charge is -2.43. The third-order valence-corrected chi connectivity index (χ3v) is 5.19. The van der Waals surface area contributed by atoms with Crippen molar-refractivity contribution in [3.63, 3.8) is 0 Å². The molecule has 1 amide bonds. The van der Waals surface area contributed by atoms with E-state index in [-0.39, 0.29) is 5.91 Å². The molecular weight excluding hydrogens is 272 g/mol. The Morgan fingerprint density at radius 3 is 2.18 bits per heavy atom. The van der Waals surface area contributed by atoms with Crippen LogP contribution in [0.4, 0.5) is 0 Å². The molecule has 0 aromatic heterocycles. The highest BCUT2D eigenvalue weighted by Crippen LogP contribution is 2.26. The molecule has 0 bridgehead atoms. The predicted molar refractivity (Wildman–Crippen MR) is 89.9 cm³/mol. The van der Waals surface area contributed by atoms with Crippen LogP contribution in [-0.4, -0.2) is 47.9 Å². The Kier molecular flexibility index (Phi) is 4.82. The second-order valence-corrected chi connectivity index (χ2v) is 7.29. The first-order valence-electron chi connectivity index (χ1n) is 8.72. The molecule has 2 atom stereocenters. The minimum Gasteiger partial charge on any atom is -0.339 e. The lowest BCUT2D eigenvalue weighted by molar-refractivity contribution is 0.0450. The fourth-order valence-corrected chi connectivity index (χ4v) is 4.21. The summed E-state index contributed by atoms with van der Waals surface area (Å²) in [5.41, 5.74) is 0.821. The van der Waals surface area contributed by atoms with E-state index in [1.54, 1.807) is 0 Å². The van der Waals surface area contributed by atoms with Gasteiger partial charge in [-0.15, -0.1) is 0 Å². The minimum absolute atomic E-state index is 0.194. The second-order valence-electron chi connectivity index (χ2n) is 7.29. The van der Waals surface area contributed by atoms with Crippen molar-refractivity contribution in [3.8, 4) is 0 Å². The molecule has 3 rings (SSSR count). The number of hydrogen-bond acceptors (Lipinski definition) is 2. The Balaban J connectivity index is 1.55. The minimum atomic E-state index is 0.194. The van der Waals surface area contributed by atoms with Crippen LogP contribution in [0.1, 0.15) is 43.5 Å². The first-order valence-corrected chi connectivity index (χ1v) is 8.72. The van der Waals surface area contributed by atoms with E-state index in [4.69, 9.17) is 0 Å². The Hall–Kier alpha value is -1.35. The third-order valence-electron chi connectivity index (χ3n) is 5.19. The molecule has 2 unspecified atom stereocenters. The fraction of sp³-hybridized carbons (Fsp3) is 0.632. The van der Waals surface area contributed by atoms with Crippen LogP contribution in [0, 0.1) is 11.8 Å². The summed E-state index contributed by atoms with van der Waals surface area (Å²) in [6.07, 6.45) is 3.61. The van der Waals surface area contributed by atoms with Gasteiger partial charge in [0.15, 0.2) is 0 Å². The van der Waals surface area contributed by atoms with Gasteiger partial charge < -0.3 is 4.90 Å². The van der Waals surface area contributed by atoms with E-state index >= 15 is 0 Å². The van der Waals surface area contributed by atoms with Crippen molar-refractivity contribution in [3.05, 3.63) is 35.9 Å². The van der Waals surface area contributed by atoms with Crippen molar-refractivity contribution >= 4 is 5.91 Å². The summed E-state index contributed by atoms with van der Waals surface area (Å²) in [5.74, 6) is 1.82. The van der Waals surface area contributed by atoms with Gasteiger partial charge in [0.2, 0.25) is 0 Å².